The number of carbonyl (C=O) groups is 4. The van der Waals surface area contributed by atoms with Crippen molar-refractivity contribution < 1.29 is 33.4 Å². The second-order valence-corrected chi connectivity index (χ2v) is 11.3. The van der Waals surface area contributed by atoms with E-state index in [2.05, 4.69) is 13.8 Å². The Bertz CT molecular complexity index is 843. The molecule has 1 heterocycles. The number of ether oxygens (including phenoxy) is 3. The van der Waals surface area contributed by atoms with Gasteiger partial charge in [0.05, 0.1) is 0 Å². The minimum Gasteiger partial charge on any atom is -0.460 e. The topological polar surface area (TPSA) is 99.2 Å². The maximum atomic E-state index is 12.8. The van der Waals surface area contributed by atoms with E-state index in [9.17, 15) is 19.2 Å². The van der Waals surface area contributed by atoms with Crippen molar-refractivity contribution in [3.05, 3.63) is 0 Å². The number of hydrogen-bond acceptors (Lipinski definition) is 7. The van der Waals surface area contributed by atoms with E-state index in [0.29, 0.717) is 23.7 Å². The normalized spacial score (nSPS) is 38.7. The molecule has 0 aromatic carbocycles. The molecule has 0 bridgehead atoms. The third-order valence-electron chi connectivity index (χ3n) is 9.65. The molecule has 4 aliphatic rings. The van der Waals surface area contributed by atoms with Crippen molar-refractivity contribution in [3.63, 3.8) is 0 Å². The van der Waals surface area contributed by atoms with Crippen LogP contribution in [-0.2, 0) is 33.4 Å². The number of nitrogens with zero attached hydrogens (tertiary/aromatic N) is 1. The average molecular weight is 478 g/mol. The molecule has 3 aliphatic carbocycles. The monoisotopic (exact) mass is 477 g/mol. The summed E-state index contributed by atoms with van der Waals surface area (Å²) in [6.45, 7) is 7.56. The Morgan fingerprint density at radius 2 is 1.56 bits per heavy atom. The predicted octanol–water partition coefficient (Wildman–Crippen LogP) is 3.26. The largest absolute Gasteiger partial charge is 0.460 e. The molecule has 8 nitrogen and oxygen atoms in total. The van der Waals surface area contributed by atoms with Crippen molar-refractivity contribution in [3.8, 4) is 0 Å². The second kappa shape index (κ2) is 9.50. The third-order valence-corrected chi connectivity index (χ3v) is 9.65. The number of likely N-dealkylation sites (tertiary alicyclic amines) is 1. The summed E-state index contributed by atoms with van der Waals surface area (Å²) < 4.78 is 15.4. The molecule has 8 heteroatoms. The SMILES string of the molecule is CC(=O)OCC(=O)O[C@H]1CC[C@@]2(C)[C@@H](CC[C@@H]3[C@@H]2CC[C@@]2(C)[C@H]3CCN2C(=O)COC(C)=O)C1. The fourth-order valence-corrected chi connectivity index (χ4v) is 8.04. The zero-order valence-corrected chi connectivity index (χ0v) is 21.0. The van der Waals surface area contributed by atoms with Gasteiger partial charge in [0.25, 0.3) is 5.91 Å². The molecule has 0 spiro atoms. The van der Waals surface area contributed by atoms with Crippen LogP contribution in [0.15, 0.2) is 0 Å². The highest BCUT2D eigenvalue weighted by Crippen LogP contribution is 2.64. The Balaban J connectivity index is 1.40. The molecule has 4 fully saturated rings. The summed E-state index contributed by atoms with van der Waals surface area (Å²) in [5, 5.41) is 0. The van der Waals surface area contributed by atoms with E-state index in [1.807, 2.05) is 4.90 Å². The molecule has 0 N–H and O–H groups in total. The summed E-state index contributed by atoms with van der Waals surface area (Å²) in [7, 11) is 0. The van der Waals surface area contributed by atoms with E-state index in [1.54, 1.807) is 0 Å². The van der Waals surface area contributed by atoms with E-state index in [0.717, 1.165) is 57.9 Å². The minimum atomic E-state index is -0.477. The van der Waals surface area contributed by atoms with E-state index in [-0.39, 0.29) is 36.2 Å². The van der Waals surface area contributed by atoms with E-state index < -0.39 is 17.9 Å². The van der Waals surface area contributed by atoms with Crippen LogP contribution >= 0.6 is 0 Å². The Morgan fingerprint density at radius 3 is 2.26 bits per heavy atom. The molecule has 0 radical (unpaired) electrons. The second-order valence-electron chi connectivity index (χ2n) is 11.3. The van der Waals surface area contributed by atoms with Crippen LogP contribution in [0.2, 0.25) is 0 Å². The fourth-order valence-electron chi connectivity index (χ4n) is 8.04. The maximum absolute atomic E-state index is 12.8. The first-order chi connectivity index (χ1) is 16.0. The Hall–Kier alpha value is -2.12. The van der Waals surface area contributed by atoms with Gasteiger partial charge >= 0.3 is 17.9 Å². The summed E-state index contributed by atoms with van der Waals surface area (Å²) in [6, 6.07) is 0. The molecule has 3 saturated carbocycles. The first-order valence-electron chi connectivity index (χ1n) is 12.8. The first kappa shape index (κ1) is 25.0. The smallest absolute Gasteiger partial charge is 0.344 e. The van der Waals surface area contributed by atoms with E-state index in [4.69, 9.17) is 14.2 Å². The van der Waals surface area contributed by atoms with Crippen molar-refractivity contribution >= 4 is 23.8 Å². The molecular formula is C26H39NO7. The molecule has 4 rings (SSSR count). The van der Waals surface area contributed by atoms with Crippen LogP contribution in [0.4, 0.5) is 0 Å². The van der Waals surface area contributed by atoms with Crippen molar-refractivity contribution in [2.45, 2.75) is 90.7 Å². The number of amides is 1. The van der Waals surface area contributed by atoms with Crippen LogP contribution in [0.1, 0.15) is 79.1 Å². The van der Waals surface area contributed by atoms with Gasteiger partial charge in [-0.2, -0.15) is 0 Å². The Kier molecular flexibility index (Phi) is 6.98. The lowest BCUT2D eigenvalue weighted by Crippen LogP contribution is -2.59. The first-order valence-corrected chi connectivity index (χ1v) is 12.8. The van der Waals surface area contributed by atoms with Crippen molar-refractivity contribution in [1.29, 1.82) is 0 Å². The molecule has 1 aliphatic heterocycles. The Labute approximate surface area is 202 Å². The third kappa shape index (κ3) is 4.57. The zero-order chi connectivity index (χ0) is 24.7. The summed E-state index contributed by atoms with van der Waals surface area (Å²) in [4.78, 5) is 49.0. The molecule has 190 valence electrons. The van der Waals surface area contributed by atoms with Crippen LogP contribution in [0.25, 0.3) is 0 Å². The van der Waals surface area contributed by atoms with Crippen molar-refractivity contribution in [2.75, 3.05) is 19.8 Å². The van der Waals surface area contributed by atoms with Gasteiger partial charge in [-0.25, -0.2) is 4.79 Å². The summed E-state index contributed by atoms with van der Waals surface area (Å²) in [5.74, 6) is 0.766. The standard InChI is InChI=1S/C26H39NO7/c1-16(28)32-14-23(30)27-12-9-22-20-6-5-18-13-19(34-24(31)15-33-17(2)29)7-10-25(18,3)21(20)8-11-26(22,27)4/h18-22H,5-15H2,1-4H3/t18-,19-,20+,21-,22-,25-,26-/m0/s1. The van der Waals surface area contributed by atoms with E-state index >= 15 is 0 Å². The number of carbonyl (C=O) groups excluding carboxylic acids is 4. The fraction of sp³-hybridized carbons (Fsp3) is 0.846. The molecule has 1 saturated heterocycles. The van der Waals surface area contributed by atoms with Crippen molar-refractivity contribution in [1.82, 2.24) is 4.90 Å². The number of esters is 3. The number of hydrogen-bond donors (Lipinski definition) is 0. The molecule has 1 amide bonds. The van der Waals surface area contributed by atoms with Crippen LogP contribution in [-0.4, -0.2) is 60.1 Å². The lowest BCUT2D eigenvalue weighted by Gasteiger charge is -2.61. The van der Waals surface area contributed by atoms with Gasteiger partial charge in [-0.3, -0.25) is 14.4 Å². The van der Waals surface area contributed by atoms with Crippen LogP contribution in [0.3, 0.4) is 0 Å². The van der Waals surface area contributed by atoms with Crippen LogP contribution in [0, 0.1) is 29.1 Å². The van der Waals surface area contributed by atoms with E-state index in [1.165, 1.54) is 13.8 Å². The molecule has 0 aromatic rings. The van der Waals surface area contributed by atoms with Crippen LogP contribution < -0.4 is 0 Å². The van der Waals surface area contributed by atoms with Gasteiger partial charge in [-0.05, 0) is 87.4 Å². The highest BCUT2D eigenvalue weighted by Gasteiger charge is 2.60. The van der Waals surface area contributed by atoms with Gasteiger partial charge in [-0.15, -0.1) is 0 Å². The summed E-state index contributed by atoms with van der Waals surface area (Å²) in [5.41, 5.74) is 0.0588. The maximum Gasteiger partial charge on any atom is 0.344 e. The quantitative estimate of drug-likeness (QED) is 0.443. The van der Waals surface area contributed by atoms with Crippen molar-refractivity contribution in [2.24, 2.45) is 29.1 Å². The lowest BCUT2D eigenvalue weighted by atomic mass is 9.46. The summed E-state index contributed by atoms with van der Waals surface area (Å²) >= 11 is 0. The number of rotatable bonds is 5. The van der Waals surface area contributed by atoms with Gasteiger partial charge in [-0.1, -0.05) is 6.92 Å². The van der Waals surface area contributed by atoms with Gasteiger partial charge < -0.3 is 19.1 Å². The van der Waals surface area contributed by atoms with Gasteiger partial charge in [0.1, 0.15) is 6.10 Å². The number of fused-ring (bicyclic) bond motifs is 5. The zero-order valence-electron chi connectivity index (χ0n) is 21.0. The average Bonchev–Trinajstić information content (AvgIpc) is 3.13. The molecule has 0 aromatic heterocycles. The highest BCUT2D eigenvalue weighted by molar-refractivity contribution is 5.81. The molecular weight excluding hydrogens is 438 g/mol. The van der Waals surface area contributed by atoms with Crippen LogP contribution in [0.5, 0.6) is 0 Å². The van der Waals surface area contributed by atoms with Gasteiger partial charge in [0.15, 0.2) is 13.2 Å². The molecule has 0 unspecified atom stereocenters. The van der Waals surface area contributed by atoms with Gasteiger partial charge in [0.2, 0.25) is 0 Å². The lowest BCUT2D eigenvalue weighted by molar-refractivity contribution is -0.170. The summed E-state index contributed by atoms with van der Waals surface area (Å²) in [6.07, 6.45) is 8.00. The minimum absolute atomic E-state index is 0.0744. The predicted molar refractivity (Wildman–Crippen MR) is 122 cm³/mol. The highest BCUT2D eigenvalue weighted by atomic mass is 16.6. The Morgan fingerprint density at radius 1 is 0.853 bits per heavy atom. The van der Waals surface area contributed by atoms with Gasteiger partial charge in [0, 0.05) is 25.9 Å². The molecule has 34 heavy (non-hydrogen) atoms. The molecule has 7 atom stereocenters.